The SMILES string of the molecule is Cc1nc(N2CCN(C(=O)Cc3[nH]nc4ccccc34)CC2)sc1C. The molecule has 1 amide bonds. The van der Waals surface area contributed by atoms with Crippen LogP contribution in [-0.4, -0.2) is 52.2 Å². The number of H-pyrrole nitrogens is 1. The second-order valence-electron chi connectivity index (χ2n) is 6.40. The zero-order valence-corrected chi connectivity index (χ0v) is 15.3. The van der Waals surface area contributed by atoms with E-state index in [1.807, 2.05) is 36.1 Å². The molecule has 25 heavy (non-hydrogen) atoms. The minimum atomic E-state index is 0.153. The number of hydrogen-bond donors (Lipinski definition) is 1. The third-order valence-corrected chi connectivity index (χ3v) is 5.92. The number of piperazine rings is 1. The van der Waals surface area contributed by atoms with Crippen molar-refractivity contribution in [3.63, 3.8) is 0 Å². The lowest BCUT2D eigenvalue weighted by Gasteiger charge is -2.34. The molecule has 0 spiro atoms. The molecular weight excluding hydrogens is 334 g/mol. The minimum Gasteiger partial charge on any atom is -0.345 e. The first-order chi connectivity index (χ1) is 12.1. The number of carbonyl (C=O) groups is 1. The lowest BCUT2D eigenvalue weighted by Crippen LogP contribution is -2.49. The van der Waals surface area contributed by atoms with E-state index in [-0.39, 0.29) is 5.91 Å². The van der Waals surface area contributed by atoms with Gasteiger partial charge >= 0.3 is 0 Å². The van der Waals surface area contributed by atoms with Crippen molar-refractivity contribution in [3.05, 3.63) is 40.5 Å². The van der Waals surface area contributed by atoms with Crippen molar-refractivity contribution in [1.29, 1.82) is 0 Å². The van der Waals surface area contributed by atoms with Gasteiger partial charge in [-0.15, -0.1) is 11.3 Å². The predicted molar refractivity (Wildman–Crippen MR) is 100 cm³/mol. The van der Waals surface area contributed by atoms with E-state index in [0.29, 0.717) is 6.42 Å². The largest absolute Gasteiger partial charge is 0.345 e. The summed E-state index contributed by atoms with van der Waals surface area (Å²) in [5.41, 5.74) is 2.91. The number of rotatable bonds is 3. The van der Waals surface area contributed by atoms with Gasteiger partial charge in [0.15, 0.2) is 5.13 Å². The number of amides is 1. The first kappa shape index (κ1) is 16.1. The van der Waals surface area contributed by atoms with Gasteiger partial charge in [0.1, 0.15) is 0 Å². The maximum Gasteiger partial charge on any atom is 0.228 e. The molecule has 3 aromatic rings. The van der Waals surface area contributed by atoms with Crippen LogP contribution < -0.4 is 4.90 Å². The summed E-state index contributed by atoms with van der Waals surface area (Å²) in [4.78, 5) is 22.8. The van der Waals surface area contributed by atoms with Crippen LogP contribution in [-0.2, 0) is 11.2 Å². The van der Waals surface area contributed by atoms with Crippen LogP contribution >= 0.6 is 11.3 Å². The van der Waals surface area contributed by atoms with Crippen molar-refractivity contribution < 1.29 is 4.79 Å². The molecule has 1 aromatic carbocycles. The fourth-order valence-corrected chi connectivity index (χ4v) is 4.11. The number of para-hydroxylation sites is 1. The van der Waals surface area contributed by atoms with E-state index in [0.717, 1.165) is 53.6 Å². The number of benzene rings is 1. The van der Waals surface area contributed by atoms with E-state index in [1.54, 1.807) is 11.3 Å². The summed E-state index contributed by atoms with van der Waals surface area (Å²) in [5, 5.41) is 9.38. The standard InChI is InChI=1S/C18H21N5OS/c1-12-13(2)25-18(19-12)23-9-7-22(8-10-23)17(24)11-16-14-5-3-4-6-15(14)20-21-16/h3-6H,7-11H2,1-2H3,(H,20,21). The number of carbonyl (C=O) groups excluding carboxylic acids is 1. The predicted octanol–water partition coefficient (Wildman–Crippen LogP) is 2.53. The molecule has 2 aromatic heterocycles. The lowest BCUT2D eigenvalue weighted by atomic mass is 10.1. The van der Waals surface area contributed by atoms with Crippen LogP contribution in [0.25, 0.3) is 10.9 Å². The highest BCUT2D eigenvalue weighted by atomic mass is 32.1. The first-order valence-electron chi connectivity index (χ1n) is 8.50. The highest BCUT2D eigenvalue weighted by Gasteiger charge is 2.24. The summed E-state index contributed by atoms with van der Waals surface area (Å²) >= 11 is 1.73. The Bertz CT molecular complexity index is 888. The maximum absolute atomic E-state index is 12.7. The Morgan fingerprint density at radius 3 is 2.68 bits per heavy atom. The summed E-state index contributed by atoms with van der Waals surface area (Å²) in [7, 11) is 0. The Hall–Kier alpha value is -2.41. The van der Waals surface area contributed by atoms with Gasteiger partial charge in [0, 0.05) is 36.4 Å². The zero-order valence-electron chi connectivity index (χ0n) is 14.5. The third kappa shape index (κ3) is 3.11. The third-order valence-electron chi connectivity index (χ3n) is 4.79. The number of aromatic nitrogens is 3. The number of aromatic amines is 1. The number of aryl methyl sites for hydroxylation is 2. The molecule has 1 fully saturated rings. The van der Waals surface area contributed by atoms with Crippen LogP contribution in [0.1, 0.15) is 16.3 Å². The molecule has 0 aliphatic carbocycles. The molecule has 0 unspecified atom stereocenters. The number of hydrogen-bond acceptors (Lipinski definition) is 5. The summed E-state index contributed by atoms with van der Waals surface area (Å²) in [6.07, 6.45) is 0.371. The van der Waals surface area contributed by atoms with E-state index in [2.05, 4.69) is 27.0 Å². The summed E-state index contributed by atoms with van der Waals surface area (Å²) in [6.45, 7) is 7.30. The minimum absolute atomic E-state index is 0.153. The van der Waals surface area contributed by atoms with Gasteiger partial charge < -0.3 is 9.80 Å². The average molecular weight is 355 g/mol. The van der Waals surface area contributed by atoms with Crippen LogP contribution in [0, 0.1) is 13.8 Å². The van der Waals surface area contributed by atoms with Crippen LogP contribution in [0.2, 0.25) is 0 Å². The molecule has 7 heteroatoms. The van der Waals surface area contributed by atoms with E-state index < -0.39 is 0 Å². The number of nitrogens with one attached hydrogen (secondary N) is 1. The molecule has 0 atom stereocenters. The molecule has 0 saturated carbocycles. The first-order valence-corrected chi connectivity index (χ1v) is 9.32. The van der Waals surface area contributed by atoms with Crippen LogP contribution in [0.15, 0.2) is 24.3 Å². The van der Waals surface area contributed by atoms with Gasteiger partial charge in [0.2, 0.25) is 5.91 Å². The van der Waals surface area contributed by atoms with Crippen molar-refractivity contribution >= 4 is 33.3 Å². The maximum atomic E-state index is 12.7. The van der Waals surface area contributed by atoms with E-state index >= 15 is 0 Å². The molecule has 130 valence electrons. The topological polar surface area (TPSA) is 65.1 Å². The average Bonchev–Trinajstić information content (AvgIpc) is 3.19. The van der Waals surface area contributed by atoms with Gasteiger partial charge in [-0.25, -0.2) is 4.98 Å². The summed E-state index contributed by atoms with van der Waals surface area (Å²) < 4.78 is 0. The Balaban J connectivity index is 1.39. The molecule has 3 heterocycles. The Morgan fingerprint density at radius 1 is 1.20 bits per heavy atom. The zero-order chi connectivity index (χ0) is 17.4. The summed E-state index contributed by atoms with van der Waals surface area (Å²) in [6, 6.07) is 7.89. The summed E-state index contributed by atoms with van der Waals surface area (Å²) in [5.74, 6) is 0.153. The molecule has 1 aliphatic rings. The van der Waals surface area contributed by atoms with Gasteiger partial charge in [0.25, 0.3) is 0 Å². The Morgan fingerprint density at radius 2 is 1.96 bits per heavy atom. The Kier molecular flexibility index (Phi) is 4.17. The molecule has 1 aliphatic heterocycles. The van der Waals surface area contributed by atoms with Crippen LogP contribution in [0.5, 0.6) is 0 Å². The fraction of sp³-hybridized carbons (Fsp3) is 0.389. The molecule has 0 radical (unpaired) electrons. The molecular formula is C18H21N5OS. The normalized spacial score (nSPS) is 15.1. The number of fused-ring (bicyclic) bond motifs is 1. The molecule has 1 saturated heterocycles. The fourth-order valence-electron chi connectivity index (χ4n) is 3.15. The van der Waals surface area contributed by atoms with Crippen molar-refractivity contribution in [2.45, 2.75) is 20.3 Å². The second-order valence-corrected chi connectivity index (χ2v) is 7.58. The van der Waals surface area contributed by atoms with Crippen molar-refractivity contribution in [3.8, 4) is 0 Å². The van der Waals surface area contributed by atoms with Gasteiger partial charge in [-0.05, 0) is 19.9 Å². The van der Waals surface area contributed by atoms with E-state index in [9.17, 15) is 4.79 Å². The molecule has 0 bridgehead atoms. The Labute approximate surface area is 150 Å². The van der Waals surface area contributed by atoms with Gasteiger partial charge in [-0.3, -0.25) is 9.89 Å². The quantitative estimate of drug-likeness (QED) is 0.784. The molecule has 6 nitrogen and oxygen atoms in total. The number of anilines is 1. The molecule has 1 N–H and O–H groups in total. The van der Waals surface area contributed by atoms with Gasteiger partial charge in [-0.2, -0.15) is 5.10 Å². The number of thiazole rings is 1. The second kappa shape index (κ2) is 6.48. The smallest absolute Gasteiger partial charge is 0.228 e. The van der Waals surface area contributed by atoms with E-state index in [1.165, 1.54) is 4.88 Å². The number of nitrogens with zero attached hydrogens (tertiary/aromatic N) is 4. The highest BCUT2D eigenvalue weighted by Crippen LogP contribution is 2.26. The monoisotopic (exact) mass is 355 g/mol. The van der Waals surface area contributed by atoms with Gasteiger partial charge in [-0.1, -0.05) is 18.2 Å². The van der Waals surface area contributed by atoms with Crippen molar-refractivity contribution in [1.82, 2.24) is 20.1 Å². The lowest BCUT2D eigenvalue weighted by molar-refractivity contribution is -0.130. The van der Waals surface area contributed by atoms with Crippen molar-refractivity contribution in [2.75, 3.05) is 31.1 Å². The van der Waals surface area contributed by atoms with Crippen LogP contribution in [0.3, 0.4) is 0 Å². The molecule has 4 rings (SSSR count). The van der Waals surface area contributed by atoms with Crippen molar-refractivity contribution in [2.24, 2.45) is 0 Å². The highest BCUT2D eigenvalue weighted by molar-refractivity contribution is 7.15. The van der Waals surface area contributed by atoms with Crippen LogP contribution in [0.4, 0.5) is 5.13 Å². The van der Waals surface area contributed by atoms with Gasteiger partial charge in [0.05, 0.1) is 23.3 Å². The van der Waals surface area contributed by atoms with E-state index in [4.69, 9.17) is 0 Å².